The molecule has 1 unspecified atom stereocenters. The molecule has 0 aliphatic carbocycles. The predicted octanol–water partition coefficient (Wildman–Crippen LogP) is 6.83. The van der Waals surface area contributed by atoms with Crippen molar-refractivity contribution in [3.63, 3.8) is 0 Å². The minimum Gasteiger partial charge on any atom is -0.332 e. The average Bonchev–Trinajstić information content (AvgIpc) is 2.97. The average molecular weight is 516 g/mol. The van der Waals surface area contributed by atoms with E-state index < -0.39 is 12.0 Å². The van der Waals surface area contributed by atoms with Crippen LogP contribution < -0.4 is 5.56 Å². The van der Waals surface area contributed by atoms with Crippen LogP contribution in [0.15, 0.2) is 114 Å². The summed E-state index contributed by atoms with van der Waals surface area (Å²) in [6, 6.07) is 34.6. The van der Waals surface area contributed by atoms with Crippen molar-refractivity contribution in [3.05, 3.63) is 142 Å². The Balaban J connectivity index is 1.69. The van der Waals surface area contributed by atoms with Gasteiger partial charge in [-0.3, -0.25) is 14.2 Å². The molecule has 1 heterocycles. The number of nitrogens with zero attached hydrogens (tertiary/aromatic N) is 3. The van der Waals surface area contributed by atoms with Crippen LogP contribution in [0.25, 0.3) is 16.6 Å². The van der Waals surface area contributed by atoms with Crippen LogP contribution in [0.3, 0.4) is 0 Å². The number of rotatable bonds is 8. The Labute approximate surface area is 229 Å². The van der Waals surface area contributed by atoms with Gasteiger partial charge in [0, 0.05) is 6.54 Å². The fourth-order valence-electron chi connectivity index (χ4n) is 5.29. The van der Waals surface area contributed by atoms with Crippen molar-refractivity contribution in [2.75, 3.05) is 6.54 Å². The van der Waals surface area contributed by atoms with E-state index in [1.165, 1.54) is 0 Å². The van der Waals surface area contributed by atoms with Crippen LogP contribution in [0.4, 0.5) is 0 Å². The molecular weight excluding hydrogens is 482 g/mol. The first-order valence-electron chi connectivity index (χ1n) is 13.5. The highest BCUT2D eigenvalue weighted by atomic mass is 16.2. The first-order chi connectivity index (χ1) is 19.0. The Morgan fingerprint density at radius 1 is 0.821 bits per heavy atom. The summed E-state index contributed by atoms with van der Waals surface area (Å²) in [6.07, 6.45) is 0.772. The van der Waals surface area contributed by atoms with Gasteiger partial charge in [-0.1, -0.05) is 97.9 Å². The van der Waals surface area contributed by atoms with Crippen molar-refractivity contribution in [3.8, 4) is 5.69 Å². The van der Waals surface area contributed by atoms with Crippen molar-refractivity contribution in [2.24, 2.45) is 0 Å². The summed E-state index contributed by atoms with van der Waals surface area (Å²) >= 11 is 0. The number of hydrogen-bond donors (Lipinski definition) is 0. The monoisotopic (exact) mass is 515 g/mol. The molecule has 0 N–H and O–H groups in total. The van der Waals surface area contributed by atoms with Gasteiger partial charge in [0.15, 0.2) is 0 Å². The third kappa shape index (κ3) is 5.13. The Morgan fingerprint density at radius 3 is 2.00 bits per heavy atom. The molecule has 196 valence electrons. The third-order valence-electron chi connectivity index (χ3n) is 7.26. The van der Waals surface area contributed by atoms with Gasteiger partial charge in [-0.05, 0) is 55.2 Å². The van der Waals surface area contributed by atoms with E-state index in [0.717, 1.165) is 28.8 Å². The number of aromatic nitrogens is 2. The summed E-state index contributed by atoms with van der Waals surface area (Å²) in [6.45, 7) is 6.56. The van der Waals surface area contributed by atoms with Crippen molar-refractivity contribution in [1.82, 2.24) is 14.5 Å². The van der Waals surface area contributed by atoms with Gasteiger partial charge in [0.05, 0.1) is 28.6 Å². The Hall–Kier alpha value is -4.51. The molecule has 1 aromatic heterocycles. The molecule has 5 aromatic rings. The highest BCUT2D eigenvalue weighted by molar-refractivity contribution is 5.87. The Kier molecular flexibility index (Phi) is 7.69. The molecule has 0 saturated carbocycles. The van der Waals surface area contributed by atoms with E-state index in [1.54, 1.807) is 4.57 Å². The van der Waals surface area contributed by atoms with E-state index in [1.807, 2.05) is 128 Å². The number of carbonyl (C=O) groups excluding carboxylic acids is 1. The molecule has 0 spiro atoms. The second-order valence-corrected chi connectivity index (χ2v) is 9.88. The summed E-state index contributed by atoms with van der Waals surface area (Å²) < 4.78 is 1.69. The Bertz CT molecular complexity index is 1600. The minimum atomic E-state index is -0.472. The van der Waals surface area contributed by atoms with Gasteiger partial charge in [-0.2, -0.15) is 0 Å². The highest BCUT2D eigenvalue weighted by Gasteiger charge is 2.32. The number of fused-ring (bicyclic) bond motifs is 1. The number of amides is 1. The van der Waals surface area contributed by atoms with Crippen molar-refractivity contribution in [2.45, 2.75) is 39.2 Å². The zero-order valence-electron chi connectivity index (χ0n) is 22.6. The lowest BCUT2D eigenvalue weighted by Gasteiger charge is -2.33. The minimum absolute atomic E-state index is 0.0134. The van der Waals surface area contributed by atoms with E-state index in [9.17, 15) is 9.59 Å². The summed E-state index contributed by atoms with van der Waals surface area (Å²) in [7, 11) is 0. The summed E-state index contributed by atoms with van der Waals surface area (Å²) in [5.74, 6) is 0.0654. The van der Waals surface area contributed by atoms with Crippen LogP contribution in [0.2, 0.25) is 0 Å². The first-order valence-corrected chi connectivity index (χ1v) is 13.5. The lowest BCUT2D eigenvalue weighted by molar-refractivity contribution is -0.134. The SMILES string of the molecule is CCCN(C(=O)C(c1ccccc1)c1ccccc1)C(C)c1nc2ccccc2c(=O)n1-c1ccccc1C. The van der Waals surface area contributed by atoms with Crippen LogP contribution in [-0.2, 0) is 4.79 Å². The van der Waals surface area contributed by atoms with Crippen LogP contribution in [0, 0.1) is 6.92 Å². The largest absolute Gasteiger partial charge is 0.332 e. The normalized spacial score (nSPS) is 12.0. The van der Waals surface area contributed by atoms with Crippen LogP contribution in [0.5, 0.6) is 0 Å². The molecule has 0 bridgehead atoms. The fourth-order valence-corrected chi connectivity index (χ4v) is 5.29. The van der Waals surface area contributed by atoms with Gasteiger partial charge >= 0.3 is 0 Å². The van der Waals surface area contributed by atoms with Gasteiger partial charge in [-0.25, -0.2) is 4.98 Å². The van der Waals surface area contributed by atoms with Crippen LogP contribution in [0.1, 0.15) is 54.7 Å². The maximum atomic E-state index is 14.5. The molecule has 0 fully saturated rings. The molecule has 39 heavy (non-hydrogen) atoms. The van der Waals surface area contributed by atoms with Crippen molar-refractivity contribution < 1.29 is 4.79 Å². The maximum absolute atomic E-state index is 14.5. The zero-order chi connectivity index (χ0) is 27.4. The quantitative estimate of drug-likeness (QED) is 0.228. The lowest BCUT2D eigenvalue weighted by atomic mass is 9.89. The van der Waals surface area contributed by atoms with E-state index in [4.69, 9.17) is 4.98 Å². The van der Waals surface area contributed by atoms with Crippen LogP contribution in [-0.4, -0.2) is 26.9 Å². The van der Waals surface area contributed by atoms with Crippen molar-refractivity contribution >= 4 is 16.8 Å². The predicted molar refractivity (Wildman–Crippen MR) is 157 cm³/mol. The first kappa shape index (κ1) is 26.1. The van der Waals surface area contributed by atoms with E-state index in [0.29, 0.717) is 23.3 Å². The second-order valence-electron chi connectivity index (χ2n) is 9.88. The molecule has 0 aliphatic rings. The zero-order valence-corrected chi connectivity index (χ0v) is 22.6. The maximum Gasteiger partial charge on any atom is 0.266 e. The third-order valence-corrected chi connectivity index (χ3v) is 7.26. The molecular formula is C34H33N3O2. The van der Waals surface area contributed by atoms with Gasteiger partial charge < -0.3 is 4.90 Å². The van der Waals surface area contributed by atoms with Gasteiger partial charge in [-0.15, -0.1) is 0 Å². The molecule has 1 atom stereocenters. The number of hydrogen-bond acceptors (Lipinski definition) is 3. The van der Waals surface area contributed by atoms with E-state index in [-0.39, 0.29) is 11.5 Å². The summed E-state index contributed by atoms with van der Waals surface area (Å²) in [4.78, 5) is 35.4. The van der Waals surface area contributed by atoms with E-state index in [2.05, 4.69) is 6.92 Å². The fraction of sp³-hybridized carbons (Fsp3) is 0.206. The number of aryl methyl sites for hydroxylation is 1. The number of carbonyl (C=O) groups is 1. The molecule has 0 radical (unpaired) electrons. The Morgan fingerprint density at radius 2 is 1.38 bits per heavy atom. The molecule has 1 amide bonds. The lowest BCUT2D eigenvalue weighted by Crippen LogP contribution is -2.40. The van der Waals surface area contributed by atoms with Gasteiger partial charge in [0.1, 0.15) is 5.82 Å². The number of para-hydroxylation sites is 2. The van der Waals surface area contributed by atoms with Gasteiger partial charge in [0.25, 0.3) is 5.56 Å². The van der Waals surface area contributed by atoms with Crippen molar-refractivity contribution in [1.29, 1.82) is 0 Å². The summed E-state index contributed by atoms with van der Waals surface area (Å²) in [5.41, 5.74) is 4.10. The smallest absolute Gasteiger partial charge is 0.266 e. The standard InChI is InChI=1S/C34H33N3O2/c1-4-23-36(34(39)31(26-16-7-5-8-17-26)27-18-9-6-10-19-27)25(3)32-35-29-21-13-12-20-28(29)33(38)37(32)30-22-14-11-15-24(30)2/h5-22,25,31H,4,23H2,1-3H3. The molecule has 0 saturated heterocycles. The van der Waals surface area contributed by atoms with Crippen LogP contribution >= 0.6 is 0 Å². The number of benzene rings is 4. The second kappa shape index (κ2) is 11.5. The summed E-state index contributed by atoms with van der Waals surface area (Å²) in [5, 5.41) is 0.552. The molecule has 5 heteroatoms. The highest BCUT2D eigenvalue weighted by Crippen LogP contribution is 2.32. The molecule has 4 aromatic carbocycles. The molecule has 5 rings (SSSR count). The molecule has 5 nitrogen and oxygen atoms in total. The molecule has 0 aliphatic heterocycles. The topological polar surface area (TPSA) is 55.2 Å². The van der Waals surface area contributed by atoms with E-state index >= 15 is 0 Å². The van der Waals surface area contributed by atoms with Gasteiger partial charge in [0.2, 0.25) is 5.91 Å².